The highest BCUT2D eigenvalue weighted by atomic mass is 127. The van der Waals surface area contributed by atoms with Gasteiger partial charge in [-0.2, -0.15) is 0 Å². The Morgan fingerprint density at radius 1 is 1.11 bits per heavy atom. The summed E-state index contributed by atoms with van der Waals surface area (Å²) in [5.74, 6) is 0. The molecule has 0 aliphatic carbocycles. The van der Waals surface area contributed by atoms with Crippen molar-refractivity contribution in [2.75, 3.05) is 0 Å². The summed E-state index contributed by atoms with van der Waals surface area (Å²) in [5.41, 5.74) is 4.88. The van der Waals surface area contributed by atoms with Crippen LogP contribution in [-0.4, -0.2) is 4.98 Å². The molecule has 3 rings (SSSR count). The van der Waals surface area contributed by atoms with Crippen LogP contribution in [0.5, 0.6) is 0 Å². The Morgan fingerprint density at radius 2 is 1.79 bits per heavy atom. The number of hydrogen-bond donors (Lipinski definition) is 0. The van der Waals surface area contributed by atoms with Gasteiger partial charge in [0.2, 0.25) is 0 Å². The van der Waals surface area contributed by atoms with Gasteiger partial charge in [0.05, 0.1) is 10.2 Å². The average molecular weight is 382 g/mol. The van der Waals surface area contributed by atoms with Crippen LogP contribution in [0.4, 0.5) is 0 Å². The molecule has 0 unspecified atom stereocenters. The first-order valence-corrected chi connectivity index (χ1v) is 6.78. The van der Waals surface area contributed by atoms with Crippen LogP contribution >= 0.6 is 11.3 Å². The smallest absolute Gasteiger partial charge is 0.169 e. The molecule has 0 saturated heterocycles. The van der Waals surface area contributed by atoms with Crippen molar-refractivity contribution in [3.63, 3.8) is 0 Å². The number of aryl methyl sites for hydroxylation is 3. The second-order valence-corrected chi connectivity index (χ2v) is 5.73. The molecule has 2 nitrogen and oxygen atoms in total. The third-order valence-electron chi connectivity index (χ3n) is 3.06. The van der Waals surface area contributed by atoms with Crippen molar-refractivity contribution in [1.82, 2.24) is 4.98 Å². The maximum absolute atomic E-state index is 4.76. The summed E-state index contributed by atoms with van der Waals surface area (Å²) >= 11 is 1.76. The van der Waals surface area contributed by atoms with E-state index in [1.54, 1.807) is 11.3 Å². The summed E-state index contributed by atoms with van der Waals surface area (Å²) < 4.78 is 3.31. The quantitative estimate of drug-likeness (QED) is 0.440. The SMILES string of the molecule is Cc1cc(C)c2nc(-c3cc[n+](C)cc3)sc2c1.[I-]. The predicted octanol–water partition coefficient (Wildman–Crippen LogP) is 0.409. The molecule has 0 atom stereocenters. The van der Waals surface area contributed by atoms with E-state index in [0.717, 1.165) is 10.5 Å². The molecule has 0 fully saturated rings. The van der Waals surface area contributed by atoms with Gasteiger partial charge in [-0.05, 0) is 31.0 Å². The number of hydrogen-bond acceptors (Lipinski definition) is 2. The fourth-order valence-corrected chi connectivity index (χ4v) is 3.28. The molecule has 1 aromatic carbocycles. The molecular formula is C15H15IN2S. The Hall–Kier alpha value is -1.01. The molecule has 0 N–H and O–H groups in total. The highest BCUT2D eigenvalue weighted by Crippen LogP contribution is 2.31. The number of fused-ring (bicyclic) bond motifs is 1. The summed E-state index contributed by atoms with van der Waals surface area (Å²) in [7, 11) is 2.02. The predicted molar refractivity (Wildman–Crippen MR) is 75.7 cm³/mol. The topological polar surface area (TPSA) is 16.8 Å². The molecule has 0 saturated carbocycles. The summed E-state index contributed by atoms with van der Waals surface area (Å²) in [5, 5.41) is 1.10. The molecular weight excluding hydrogens is 367 g/mol. The molecule has 4 heteroatoms. The van der Waals surface area contributed by atoms with Crippen molar-refractivity contribution in [3.8, 4) is 10.6 Å². The van der Waals surface area contributed by atoms with Crippen molar-refractivity contribution < 1.29 is 28.5 Å². The molecule has 0 bridgehead atoms. The first kappa shape index (κ1) is 14.4. The standard InChI is InChI=1S/C15H15N2S.HI/c1-10-8-11(2)14-13(9-10)18-15(16-14)12-4-6-17(3)7-5-12;/h4-9H,1-3H3;1H/q+1;/p-1. The maximum Gasteiger partial charge on any atom is 0.169 e. The minimum absolute atomic E-state index is 0. The van der Waals surface area contributed by atoms with E-state index >= 15 is 0 Å². The van der Waals surface area contributed by atoms with Crippen molar-refractivity contribution in [2.45, 2.75) is 13.8 Å². The molecule has 0 radical (unpaired) electrons. The van der Waals surface area contributed by atoms with E-state index in [0.29, 0.717) is 0 Å². The minimum Gasteiger partial charge on any atom is -1.00 e. The lowest BCUT2D eigenvalue weighted by molar-refractivity contribution is -0.671. The molecule has 0 amide bonds. The molecule has 3 aromatic rings. The second kappa shape index (κ2) is 5.54. The van der Waals surface area contributed by atoms with Gasteiger partial charge < -0.3 is 24.0 Å². The highest BCUT2D eigenvalue weighted by molar-refractivity contribution is 7.21. The van der Waals surface area contributed by atoms with E-state index < -0.39 is 0 Å². The Bertz CT molecular complexity index is 717. The number of thiazole rings is 1. The monoisotopic (exact) mass is 382 g/mol. The third-order valence-corrected chi connectivity index (χ3v) is 4.11. The zero-order valence-corrected chi connectivity index (χ0v) is 14.1. The van der Waals surface area contributed by atoms with Crippen LogP contribution in [0.2, 0.25) is 0 Å². The van der Waals surface area contributed by atoms with Crippen LogP contribution in [-0.2, 0) is 7.05 Å². The largest absolute Gasteiger partial charge is 1.00 e. The fraction of sp³-hybridized carbons (Fsp3) is 0.200. The number of halogens is 1. The van der Waals surface area contributed by atoms with E-state index in [9.17, 15) is 0 Å². The zero-order chi connectivity index (χ0) is 12.7. The van der Waals surface area contributed by atoms with Crippen LogP contribution in [0.15, 0.2) is 36.7 Å². The van der Waals surface area contributed by atoms with E-state index in [1.807, 2.05) is 11.6 Å². The van der Waals surface area contributed by atoms with Gasteiger partial charge in [-0.3, -0.25) is 0 Å². The summed E-state index contributed by atoms with van der Waals surface area (Å²) in [6.07, 6.45) is 4.11. The van der Waals surface area contributed by atoms with Gasteiger partial charge in [0.25, 0.3) is 0 Å². The number of aromatic nitrogens is 2. The van der Waals surface area contributed by atoms with Crippen molar-refractivity contribution in [2.24, 2.45) is 7.05 Å². The van der Waals surface area contributed by atoms with E-state index in [1.165, 1.54) is 21.4 Å². The van der Waals surface area contributed by atoms with E-state index in [4.69, 9.17) is 4.98 Å². The Morgan fingerprint density at radius 3 is 2.47 bits per heavy atom. The van der Waals surface area contributed by atoms with Crippen molar-refractivity contribution >= 4 is 21.6 Å². The average Bonchev–Trinajstić information content (AvgIpc) is 2.74. The molecule has 2 aromatic heterocycles. The fourth-order valence-electron chi connectivity index (χ4n) is 2.14. The summed E-state index contributed by atoms with van der Waals surface area (Å²) in [4.78, 5) is 4.76. The van der Waals surface area contributed by atoms with Gasteiger partial charge in [0.15, 0.2) is 12.4 Å². The Kier molecular flexibility index (Phi) is 4.20. The molecule has 2 heterocycles. The van der Waals surface area contributed by atoms with Gasteiger partial charge >= 0.3 is 0 Å². The van der Waals surface area contributed by atoms with Gasteiger partial charge in [-0.15, -0.1) is 11.3 Å². The first-order chi connectivity index (χ1) is 8.63. The lowest BCUT2D eigenvalue weighted by Gasteiger charge is -1.96. The molecule has 0 spiro atoms. The summed E-state index contributed by atoms with van der Waals surface area (Å²) in [6.45, 7) is 4.26. The molecule has 98 valence electrons. The number of rotatable bonds is 1. The van der Waals surface area contributed by atoms with E-state index in [-0.39, 0.29) is 24.0 Å². The van der Waals surface area contributed by atoms with Crippen molar-refractivity contribution in [3.05, 3.63) is 47.8 Å². The lowest BCUT2D eigenvalue weighted by Crippen LogP contribution is -3.00. The van der Waals surface area contributed by atoms with Gasteiger partial charge in [-0.1, -0.05) is 6.07 Å². The Labute approximate surface area is 134 Å². The summed E-state index contributed by atoms with van der Waals surface area (Å²) in [6, 6.07) is 8.63. The molecule has 19 heavy (non-hydrogen) atoms. The number of benzene rings is 1. The van der Waals surface area contributed by atoms with Crippen LogP contribution in [0.25, 0.3) is 20.8 Å². The number of pyridine rings is 1. The Balaban J connectivity index is 0.00000133. The molecule has 0 aliphatic rings. The molecule has 0 aliphatic heterocycles. The number of nitrogens with zero attached hydrogens (tertiary/aromatic N) is 2. The third kappa shape index (κ3) is 2.79. The minimum atomic E-state index is 0. The van der Waals surface area contributed by atoms with Gasteiger partial charge in [-0.25, -0.2) is 9.55 Å². The second-order valence-electron chi connectivity index (χ2n) is 4.70. The van der Waals surface area contributed by atoms with Crippen LogP contribution in [0, 0.1) is 13.8 Å². The van der Waals surface area contributed by atoms with Crippen LogP contribution in [0.3, 0.4) is 0 Å². The normalized spacial score (nSPS) is 10.5. The zero-order valence-electron chi connectivity index (χ0n) is 11.1. The van der Waals surface area contributed by atoms with Gasteiger partial charge in [0, 0.05) is 17.7 Å². The van der Waals surface area contributed by atoms with Crippen LogP contribution in [0.1, 0.15) is 11.1 Å². The lowest BCUT2D eigenvalue weighted by atomic mass is 10.1. The van der Waals surface area contributed by atoms with Gasteiger partial charge in [0.1, 0.15) is 12.1 Å². The van der Waals surface area contributed by atoms with Crippen molar-refractivity contribution in [1.29, 1.82) is 0 Å². The maximum atomic E-state index is 4.76. The first-order valence-electron chi connectivity index (χ1n) is 5.97. The van der Waals surface area contributed by atoms with E-state index in [2.05, 4.69) is 50.5 Å². The highest BCUT2D eigenvalue weighted by Gasteiger charge is 2.09. The van der Waals surface area contributed by atoms with Crippen LogP contribution < -0.4 is 28.5 Å².